The van der Waals surface area contributed by atoms with Crippen molar-refractivity contribution in [1.82, 2.24) is 0 Å². The lowest BCUT2D eigenvalue weighted by molar-refractivity contribution is -0.274. The molecule has 0 unspecified atom stereocenters. The molecule has 0 aliphatic heterocycles. The van der Waals surface area contributed by atoms with Crippen LogP contribution < -0.4 is 4.74 Å². The zero-order valence-corrected chi connectivity index (χ0v) is 10.3. The predicted octanol–water partition coefficient (Wildman–Crippen LogP) is 4.76. The maximum atomic E-state index is 11.8. The van der Waals surface area contributed by atoms with Crippen LogP contribution in [0.1, 0.15) is 0 Å². The Morgan fingerprint density at radius 2 is 1.79 bits per heavy atom. The molecule has 1 rings (SSSR count). The summed E-state index contributed by atoms with van der Waals surface area (Å²) >= 11 is 11.7. The Kier molecular flexibility index (Phi) is 3.71. The second-order valence-corrected chi connectivity index (χ2v) is 4.25. The molecule has 0 amide bonds. The molecule has 7 heteroatoms. The summed E-state index contributed by atoms with van der Waals surface area (Å²) in [6.07, 6.45) is -4.74. The lowest BCUT2D eigenvalue weighted by Gasteiger charge is -2.11. The maximum absolute atomic E-state index is 11.8. The normalized spacial score (nSPS) is 11.6. The quantitative estimate of drug-likeness (QED) is 0.661. The molecule has 1 aromatic rings. The van der Waals surface area contributed by atoms with Gasteiger partial charge in [-0.1, -0.05) is 11.6 Å². The predicted molar refractivity (Wildman–Crippen MR) is 53.5 cm³/mol. The van der Waals surface area contributed by atoms with E-state index < -0.39 is 12.1 Å². The van der Waals surface area contributed by atoms with Gasteiger partial charge in [0.05, 0.1) is 9.50 Å². The van der Waals surface area contributed by atoms with E-state index in [9.17, 15) is 13.2 Å². The van der Waals surface area contributed by atoms with E-state index in [0.29, 0.717) is 8.95 Å². The summed E-state index contributed by atoms with van der Waals surface area (Å²) in [5, 5.41) is -0.128. The van der Waals surface area contributed by atoms with Crippen molar-refractivity contribution in [1.29, 1.82) is 0 Å². The van der Waals surface area contributed by atoms with Gasteiger partial charge in [0.1, 0.15) is 5.75 Å². The minimum absolute atomic E-state index is 0.128. The lowest BCUT2D eigenvalue weighted by Crippen LogP contribution is -2.17. The lowest BCUT2D eigenvalue weighted by atomic mass is 10.3. The highest BCUT2D eigenvalue weighted by Crippen LogP contribution is 2.39. The molecule has 0 atom stereocenters. The van der Waals surface area contributed by atoms with Crippen LogP contribution in [0.25, 0.3) is 0 Å². The van der Waals surface area contributed by atoms with Crippen LogP contribution in [0.3, 0.4) is 0 Å². The largest absolute Gasteiger partial charge is 0.573 e. The second kappa shape index (κ2) is 4.28. The molecule has 0 bridgehead atoms. The van der Waals surface area contributed by atoms with Gasteiger partial charge in [-0.25, -0.2) is 0 Å². The van der Waals surface area contributed by atoms with Crippen LogP contribution in [0, 0.1) is 0 Å². The van der Waals surface area contributed by atoms with Crippen LogP contribution in [-0.2, 0) is 0 Å². The van der Waals surface area contributed by atoms with Gasteiger partial charge in [-0.2, -0.15) is 0 Å². The second-order valence-electron chi connectivity index (χ2n) is 2.22. The summed E-state index contributed by atoms with van der Waals surface area (Å²) in [4.78, 5) is 0. The number of hydrogen-bond acceptors (Lipinski definition) is 1. The Balaban J connectivity index is 3.06. The van der Waals surface area contributed by atoms with Crippen molar-refractivity contribution in [3.63, 3.8) is 0 Å². The minimum Gasteiger partial charge on any atom is -0.404 e. The Labute approximate surface area is 99.4 Å². The number of hydrogen-bond donors (Lipinski definition) is 0. The maximum Gasteiger partial charge on any atom is 0.573 e. The summed E-state index contributed by atoms with van der Waals surface area (Å²) in [5.41, 5.74) is 0. The standard InChI is InChI=1S/C7H2Br2ClF3O/c8-3-1-2-4(6(10)5(3)9)14-7(11,12)13/h1-2H. The van der Waals surface area contributed by atoms with Crippen LogP contribution in [0.4, 0.5) is 13.2 Å². The van der Waals surface area contributed by atoms with E-state index in [-0.39, 0.29) is 5.02 Å². The molecule has 0 aromatic heterocycles. The minimum atomic E-state index is -4.74. The average molecular weight is 354 g/mol. The van der Waals surface area contributed by atoms with Crippen molar-refractivity contribution in [3.05, 3.63) is 26.1 Å². The fraction of sp³-hybridized carbons (Fsp3) is 0.143. The van der Waals surface area contributed by atoms with E-state index >= 15 is 0 Å². The van der Waals surface area contributed by atoms with Gasteiger partial charge in [-0.15, -0.1) is 13.2 Å². The first-order valence-corrected chi connectivity index (χ1v) is 5.17. The van der Waals surface area contributed by atoms with E-state index in [2.05, 4.69) is 36.6 Å². The fourth-order valence-electron chi connectivity index (χ4n) is 0.712. The summed E-state index contributed by atoms with van der Waals surface area (Å²) in [6, 6.07) is 2.53. The molecular weight excluding hydrogens is 352 g/mol. The molecule has 1 aromatic carbocycles. The van der Waals surface area contributed by atoms with Gasteiger partial charge in [0, 0.05) is 4.47 Å². The monoisotopic (exact) mass is 352 g/mol. The average Bonchev–Trinajstić information content (AvgIpc) is 2.04. The third-order valence-electron chi connectivity index (χ3n) is 1.23. The van der Waals surface area contributed by atoms with Gasteiger partial charge >= 0.3 is 6.36 Å². The number of benzene rings is 1. The molecular formula is C7H2Br2ClF3O. The molecule has 1 nitrogen and oxygen atoms in total. The molecule has 14 heavy (non-hydrogen) atoms. The highest BCUT2D eigenvalue weighted by molar-refractivity contribution is 9.13. The number of ether oxygens (including phenoxy) is 1. The van der Waals surface area contributed by atoms with Crippen molar-refractivity contribution in [3.8, 4) is 5.75 Å². The number of halogens is 6. The van der Waals surface area contributed by atoms with Crippen molar-refractivity contribution >= 4 is 43.5 Å². The summed E-state index contributed by atoms with van der Waals surface area (Å²) in [6.45, 7) is 0. The van der Waals surface area contributed by atoms with E-state index in [1.807, 2.05) is 0 Å². The van der Waals surface area contributed by atoms with Crippen molar-refractivity contribution in [2.75, 3.05) is 0 Å². The molecule has 0 heterocycles. The first-order chi connectivity index (χ1) is 6.31. The first-order valence-electron chi connectivity index (χ1n) is 3.20. The van der Waals surface area contributed by atoms with Crippen molar-refractivity contribution in [2.24, 2.45) is 0 Å². The SMILES string of the molecule is FC(F)(F)Oc1ccc(Br)c(Br)c1Cl. The summed E-state index contributed by atoms with van der Waals surface area (Å²) in [7, 11) is 0. The zero-order chi connectivity index (χ0) is 10.9. The Morgan fingerprint density at radius 1 is 1.21 bits per heavy atom. The van der Waals surface area contributed by atoms with Crippen molar-refractivity contribution in [2.45, 2.75) is 6.36 Å². The van der Waals surface area contributed by atoms with E-state index in [1.165, 1.54) is 6.07 Å². The van der Waals surface area contributed by atoms with Gasteiger partial charge in [-0.05, 0) is 44.0 Å². The third-order valence-corrected chi connectivity index (χ3v) is 3.85. The Hall–Kier alpha value is 0.0600. The molecule has 0 fully saturated rings. The van der Waals surface area contributed by atoms with Gasteiger partial charge < -0.3 is 4.74 Å². The van der Waals surface area contributed by atoms with Crippen LogP contribution in [0.15, 0.2) is 21.1 Å². The van der Waals surface area contributed by atoms with Gasteiger partial charge in [0.25, 0.3) is 0 Å². The number of rotatable bonds is 1. The Morgan fingerprint density at radius 3 is 2.29 bits per heavy atom. The first kappa shape index (κ1) is 12.1. The van der Waals surface area contributed by atoms with Crippen LogP contribution >= 0.6 is 43.5 Å². The molecule has 0 saturated carbocycles. The van der Waals surface area contributed by atoms with Crippen LogP contribution in [0.5, 0.6) is 5.75 Å². The van der Waals surface area contributed by atoms with Gasteiger partial charge in [0.2, 0.25) is 0 Å². The molecule has 0 saturated heterocycles. The van der Waals surface area contributed by atoms with Crippen molar-refractivity contribution < 1.29 is 17.9 Å². The number of alkyl halides is 3. The fourth-order valence-corrected chi connectivity index (χ4v) is 1.69. The van der Waals surface area contributed by atoms with Gasteiger partial charge in [0.15, 0.2) is 0 Å². The Bertz CT molecular complexity index is 354. The molecule has 0 spiro atoms. The van der Waals surface area contributed by atoms with Gasteiger partial charge in [-0.3, -0.25) is 0 Å². The molecule has 0 aliphatic rings. The topological polar surface area (TPSA) is 9.23 Å². The smallest absolute Gasteiger partial charge is 0.404 e. The molecule has 0 radical (unpaired) electrons. The molecule has 78 valence electrons. The summed E-state index contributed by atoms with van der Waals surface area (Å²) < 4.78 is 40.1. The van der Waals surface area contributed by atoms with E-state index in [1.54, 1.807) is 0 Å². The van der Waals surface area contributed by atoms with E-state index in [4.69, 9.17) is 11.6 Å². The zero-order valence-electron chi connectivity index (χ0n) is 6.33. The highest BCUT2D eigenvalue weighted by Gasteiger charge is 2.32. The van der Waals surface area contributed by atoms with Crippen LogP contribution in [-0.4, -0.2) is 6.36 Å². The van der Waals surface area contributed by atoms with Crippen LogP contribution in [0.2, 0.25) is 5.02 Å². The molecule has 0 aliphatic carbocycles. The van der Waals surface area contributed by atoms with E-state index in [0.717, 1.165) is 6.07 Å². The summed E-state index contributed by atoms with van der Waals surface area (Å²) in [5.74, 6) is -0.436. The molecule has 0 N–H and O–H groups in total. The third kappa shape index (κ3) is 3.03. The highest BCUT2D eigenvalue weighted by atomic mass is 79.9.